The van der Waals surface area contributed by atoms with Gasteiger partial charge in [-0.2, -0.15) is 0 Å². The van der Waals surface area contributed by atoms with Crippen LogP contribution in [-0.4, -0.2) is 0 Å². The van der Waals surface area contributed by atoms with E-state index < -0.39 is 0 Å². The zero-order chi connectivity index (χ0) is 8.36. The summed E-state index contributed by atoms with van der Waals surface area (Å²) in [4.78, 5) is 0. The van der Waals surface area contributed by atoms with E-state index >= 15 is 0 Å². The largest absolute Gasteiger partial charge is 0.0885 e. The van der Waals surface area contributed by atoms with Gasteiger partial charge in [0.25, 0.3) is 0 Å². The first kappa shape index (κ1) is 10.7. The highest BCUT2D eigenvalue weighted by Crippen LogP contribution is 2.02. The molecule has 0 fully saturated rings. The fraction of sp³-hybridized carbons (Fsp3) is 0.727. The highest BCUT2D eigenvalue weighted by molar-refractivity contribution is 4.80. The molecule has 65 valence electrons. The average molecular weight is 153 g/mol. The second-order valence-corrected chi connectivity index (χ2v) is 2.95. The van der Waals surface area contributed by atoms with E-state index in [4.69, 9.17) is 0 Å². The van der Waals surface area contributed by atoms with Crippen molar-refractivity contribution in [3.8, 4) is 0 Å². The van der Waals surface area contributed by atoms with Gasteiger partial charge >= 0.3 is 0 Å². The molecule has 0 aliphatic heterocycles. The Kier molecular flexibility index (Phi) is 9.51. The number of rotatable bonds is 7. The first-order valence-electron chi connectivity index (χ1n) is 4.84. The summed E-state index contributed by atoms with van der Waals surface area (Å²) in [5, 5.41) is 0. The average Bonchev–Trinajstić information content (AvgIpc) is 2.03. The van der Waals surface area contributed by atoms with E-state index in [9.17, 15) is 0 Å². The van der Waals surface area contributed by atoms with Crippen molar-refractivity contribution in [1.29, 1.82) is 0 Å². The third-order valence-corrected chi connectivity index (χ3v) is 1.74. The summed E-state index contributed by atoms with van der Waals surface area (Å²) < 4.78 is 0. The molecule has 11 heavy (non-hydrogen) atoms. The Balaban J connectivity index is 2.89. The lowest BCUT2D eigenvalue weighted by Crippen LogP contribution is -1.74. The van der Waals surface area contributed by atoms with Gasteiger partial charge in [0.2, 0.25) is 0 Å². The standard InChI is InChI=1S/C11H21/c1-3-5-7-9-11-10-8-6-4-2/h3,8,10H,4-7,9,11H2,1-2H3/b10-8+. The Morgan fingerprint density at radius 1 is 0.909 bits per heavy atom. The summed E-state index contributed by atoms with van der Waals surface area (Å²) in [6.45, 7) is 4.35. The van der Waals surface area contributed by atoms with Crippen molar-refractivity contribution in [1.82, 2.24) is 0 Å². The SMILES string of the molecule is C[CH]CCCC/C=C/CCC. The van der Waals surface area contributed by atoms with Gasteiger partial charge in [0.1, 0.15) is 0 Å². The van der Waals surface area contributed by atoms with Crippen LogP contribution in [0, 0.1) is 6.42 Å². The van der Waals surface area contributed by atoms with Gasteiger partial charge in [-0.25, -0.2) is 0 Å². The van der Waals surface area contributed by atoms with E-state index in [2.05, 4.69) is 32.4 Å². The molecule has 0 amide bonds. The first-order valence-corrected chi connectivity index (χ1v) is 4.84. The summed E-state index contributed by atoms with van der Waals surface area (Å²) in [5.41, 5.74) is 0. The van der Waals surface area contributed by atoms with Crippen LogP contribution >= 0.6 is 0 Å². The van der Waals surface area contributed by atoms with Gasteiger partial charge < -0.3 is 0 Å². The second kappa shape index (κ2) is 9.74. The molecule has 0 saturated heterocycles. The molecule has 0 aromatic carbocycles. The molecular formula is C11H21. The third-order valence-electron chi connectivity index (χ3n) is 1.74. The third kappa shape index (κ3) is 9.74. The maximum Gasteiger partial charge on any atom is -0.0351 e. The van der Waals surface area contributed by atoms with Crippen LogP contribution in [0.3, 0.4) is 0 Å². The molecule has 0 aliphatic carbocycles. The van der Waals surface area contributed by atoms with Crippen LogP contribution in [0.25, 0.3) is 0 Å². The lowest BCUT2D eigenvalue weighted by molar-refractivity contribution is 0.737. The van der Waals surface area contributed by atoms with Crippen LogP contribution in [0.4, 0.5) is 0 Å². The van der Waals surface area contributed by atoms with E-state index in [-0.39, 0.29) is 0 Å². The number of hydrogen-bond acceptors (Lipinski definition) is 0. The van der Waals surface area contributed by atoms with Crippen molar-refractivity contribution in [3.63, 3.8) is 0 Å². The first-order chi connectivity index (χ1) is 5.41. The Morgan fingerprint density at radius 2 is 1.55 bits per heavy atom. The monoisotopic (exact) mass is 153 g/mol. The minimum absolute atomic E-state index is 1.25. The summed E-state index contributed by atoms with van der Waals surface area (Å²) in [7, 11) is 0. The van der Waals surface area contributed by atoms with Gasteiger partial charge in [0.05, 0.1) is 0 Å². The molecule has 0 heterocycles. The zero-order valence-electron chi connectivity index (χ0n) is 7.97. The van der Waals surface area contributed by atoms with Gasteiger partial charge in [-0.1, -0.05) is 45.3 Å². The quantitative estimate of drug-likeness (QED) is 0.381. The van der Waals surface area contributed by atoms with Crippen LogP contribution < -0.4 is 0 Å². The van der Waals surface area contributed by atoms with Gasteiger partial charge in [-0.3, -0.25) is 0 Å². The normalized spacial score (nSPS) is 11.1. The molecule has 1 radical (unpaired) electrons. The lowest BCUT2D eigenvalue weighted by atomic mass is 10.1. The Morgan fingerprint density at radius 3 is 2.18 bits per heavy atom. The van der Waals surface area contributed by atoms with Gasteiger partial charge in [0, 0.05) is 0 Å². The minimum atomic E-state index is 1.25. The molecule has 0 atom stereocenters. The summed E-state index contributed by atoms with van der Waals surface area (Å²) in [5.74, 6) is 0. The predicted octanol–water partition coefficient (Wildman–Crippen LogP) is 4.13. The Labute approximate surface area is 71.7 Å². The van der Waals surface area contributed by atoms with Crippen LogP contribution in [0.5, 0.6) is 0 Å². The smallest absolute Gasteiger partial charge is 0.0351 e. The van der Waals surface area contributed by atoms with Crippen molar-refractivity contribution in [2.75, 3.05) is 0 Å². The number of hydrogen-bond donors (Lipinski definition) is 0. The molecule has 0 aromatic rings. The van der Waals surface area contributed by atoms with Crippen LogP contribution in [0.1, 0.15) is 52.4 Å². The van der Waals surface area contributed by atoms with Crippen molar-refractivity contribution >= 4 is 0 Å². The molecular weight excluding hydrogens is 132 g/mol. The highest BCUT2D eigenvalue weighted by Gasteiger charge is 1.83. The van der Waals surface area contributed by atoms with E-state index in [1.54, 1.807) is 0 Å². The molecule has 0 unspecified atom stereocenters. The van der Waals surface area contributed by atoms with Crippen LogP contribution in [0.15, 0.2) is 12.2 Å². The highest BCUT2D eigenvalue weighted by atomic mass is 13.9. The van der Waals surface area contributed by atoms with Crippen LogP contribution in [-0.2, 0) is 0 Å². The molecule has 0 saturated carbocycles. The molecule has 0 aromatic heterocycles. The summed E-state index contributed by atoms with van der Waals surface area (Å²) in [6.07, 6.45) is 14.6. The fourth-order valence-corrected chi connectivity index (χ4v) is 1.01. The summed E-state index contributed by atoms with van der Waals surface area (Å²) in [6, 6.07) is 0. The van der Waals surface area contributed by atoms with Crippen LogP contribution in [0.2, 0.25) is 0 Å². The molecule has 0 spiro atoms. The fourth-order valence-electron chi connectivity index (χ4n) is 1.01. The van der Waals surface area contributed by atoms with Gasteiger partial charge in [-0.15, -0.1) is 0 Å². The van der Waals surface area contributed by atoms with Gasteiger partial charge in [0.15, 0.2) is 0 Å². The number of allylic oxidation sites excluding steroid dienone is 2. The van der Waals surface area contributed by atoms with E-state index in [0.717, 1.165) is 0 Å². The molecule has 0 aliphatic rings. The van der Waals surface area contributed by atoms with E-state index in [1.807, 2.05) is 0 Å². The van der Waals surface area contributed by atoms with Crippen molar-refractivity contribution in [3.05, 3.63) is 18.6 Å². The molecule has 0 bridgehead atoms. The van der Waals surface area contributed by atoms with Crippen molar-refractivity contribution in [2.24, 2.45) is 0 Å². The molecule has 0 nitrogen and oxygen atoms in total. The lowest BCUT2D eigenvalue weighted by Gasteiger charge is -1.93. The van der Waals surface area contributed by atoms with E-state index in [1.165, 1.54) is 38.5 Å². The Bertz CT molecular complexity index is 82.0. The molecule has 0 N–H and O–H groups in total. The van der Waals surface area contributed by atoms with Gasteiger partial charge in [-0.05, 0) is 25.7 Å². The maximum absolute atomic E-state index is 2.32. The Hall–Kier alpha value is -0.260. The van der Waals surface area contributed by atoms with Crippen molar-refractivity contribution < 1.29 is 0 Å². The predicted molar refractivity (Wildman–Crippen MR) is 52.5 cm³/mol. The number of unbranched alkanes of at least 4 members (excludes halogenated alkanes) is 5. The topological polar surface area (TPSA) is 0 Å². The zero-order valence-corrected chi connectivity index (χ0v) is 7.97. The minimum Gasteiger partial charge on any atom is -0.0885 e. The second-order valence-electron chi connectivity index (χ2n) is 2.95. The van der Waals surface area contributed by atoms with Crippen molar-refractivity contribution in [2.45, 2.75) is 52.4 Å². The summed E-state index contributed by atoms with van der Waals surface area (Å²) >= 11 is 0. The molecule has 0 heteroatoms. The van der Waals surface area contributed by atoms with E-state index in [0.29, 0.717) is 0 Å². The maximum atomic E-state index is 2.32. The molecule has 0 rings (SSSR count).